The summed E-state index contributed by atoms with van der Waals surface area (Å²) in [5.74, 6) is -0.414. The van der Waals surface area contributed by atoms with Gasteiger partial charge in [-0.25, -0.2) is 13.4 Å². The normalized spacial score (nSPS) is 11.4. The number of sulfonamides is 1. The molecule has 0 amide bonds. The van der Waals surface area contributed by atoms with Crippen molar-refractivity contribution in [3.05, 3.63) is 55.6 Å². The maximum atomic E-state index is 12.0. The van der Waals surface area contributed by atoms with Crippen LogP contribution in [-0.4, -0.2) is 18.4 Å². The molecule has 0 saturated heterocycles. The molecule has 0 spiro atoms. The first-order chi connectivity index (χ1) is 9.78. The van der Waals surface area contributed by atoms with Crippen LogP contribution < -0.4 is 10.2 Å². The van der Waals surface area contributed by atoms with Crippen molar-refractivity contribution in [2.24, 2.45) is 0 Å². The smallest absolute Gasteiger partial charge is 0.237 e. The number of halogens is 3. The van der Waals surface area contributed by atoms with Crippen molar-refractivity contribution in [2.75, 3.05) is 4.72 Å². The Morgan fingerprint density at radius 1 is 1.19 bits per heavy atom. The Hall–Kier alpha value is -1.28. The number of hydrogen-bond acceptors (Lipinski definition) is 4. The summed E-state index contributed by atoms with van der Waals surface area (Å²) >= 11 is 17.0. The van der Waals surface area contributed by atoms with E-state index in [0.29, 0.717) is 5.56 Å². The highest BCUT2D eigenvalue weighted by Crippen LogP contribution is 2.21. The van der Waals surface area contributed by atoms with Crippen molar-refractivity contribution >= 4 is 50.5 Å². The SMILES string of the molecule is O=c1c(Cl)c[nH]cc1NS(=O)(=O)Cc1cnc(Cl)c(Cl)c1. The van der Waals surface area contributed by atoms with Gasteiger partial charge in [-0.05, 0) is 11.6 Å². The molecule has 21 heavy (non-hydrogen) atoms. The summed E-state index contributed by atoms with van der Waals surface area (Å²) in [5, 5.41) is 0.105. The van der Waals surface area contributed by atoms with Gasteiger partial charge in [0.25, 0.3) is 0 Å². The molecular formula is C11H8Cl3N3O3S. The Kier molecular flexibility index (Phi) is 4.77. The number of aromatic amines is 1. The molecule has 0 aliphatic rings. The van der Waals surface area contributed by atoms with Gasteiger partial charge in [-0.3, -0.25) is 9.52 Å². The predicted octanol–water partition coefficient (Wildman–Crippen LogP) is 2.67. The Labute approximate surface area is 135 Å². The minimum absolute atomic E-state index is 0.0806. The molecule has 0 aromatic carbocycles. The van der Waals surface area contributed by atoms with Crippen LogP contribution in [0.3, 0.4) is 0 Å². The molecule has 0 aliphatic heterocycles. The zero-order valence-electron chi connectivity index (χ0n) is 10.2. The van der Waals surface area contributed by atoms with Crippen LogP contribution in [0.2, 0.25) is 15.2 Å². The van der Waals surface area contributed by atoms with Crippen molar-refractivity contribution < 1.29 is 8.42 Å². The molecule has 2 heterocycles. The molecule has 2 aromatic heterocycles. The van der Waals surface area contributed by atoms with Gasteiger partial charge in [0, 0.05) is 18.6 Å². The van der Waals surface area contributed by atoms with Crippen molar-refractivity contribution in [3.8, 4) is 0 Å². The average molecular weight is 369 g/mol. The molecule has 6 nitrogen and oxygen atoms in total. The number of hydrogen-bond donors (Lipinski definition) is 2. The summed E-state index contributed by atoms with van der Waals surface area (Å²) in [7, 11) is -3.83. The number of H-pyrrole nitrogens is 1. The number of nitrogens with zero attached hydrogens (tertiary/aromatic N) is 1. The van der Waals surface area contributed by atoms with Crippen LogP contribution in [0.1, 0.15) is 5.56 Å². The summed E-state index contributed by atoms with van der Waals surface area (Å²) in [6, 6.07) is 1.39. The minimum Gasteiger partial charge on any atom is -0.364 e. The monoisotopic (exact) mass is 367 g/mol. The molecule has 0 bridgehead atoms. The number of anilines is 1. The molecule has 10 heteroatoms. The van der Waals surface area contributed by atoms with E-state index in [0.717, 1.165) is 0 Å². The van der Waals surface area contributed by atoms with E-state index in [9.17, 15) is 13.2 Å². The van der Waals surface area contributed by atoms with Gasteiger partial charge in [0.2, 0.25) is 15.5 Å². The molecule has 2 aromatic rings. The zero-order valence-corrected chi connectivity index (χ0v) is 13.3. The molecular weight excluding hydrogens is 361 g/mol. The fourth-order valence-corrected chi connectivity index (χ4v) is 3.11. The number of nitrogens with one attached hydrogen (secondary N) is 2. The van der Waals surface area contributed by atoms with Gasteiger partial charge in [-0.2, -0.15) is 0 Å². The van der Waals surface area contributed by atoms with Crippen LogP contribution in [0.15, 0.2) is 29.5 Å². The Bertz CT molecular complexity index is 836. The van der Waals surface area contributed by atoms with E-state index < -0.39 is 21.2 Å². The van der Waals surface area contributed by atoms with Crippen molar-refractivity contribution in [3.63, 3.8) is 0 Å². The van der Waals surface area contributed by atoms with E-state index in [1.807, 2.05) is 0 Å². The van der Waals surface area contributed by atoms with Gasteiger partial charge in [0.1, 0.15) is 15.9 Å². The lowest BCUT2D eigenvalue weighted by atomic mass is 10.3. The van der Waals surface area contributed by atoms with Crippen molar-refractivity contribution in [1.29, 1.82) is 0 Å². The molecule has 2 rings (SSSR count). The van der Waals surface area contributed by atoms with E-state index in [1.165, 1.54) is 24.7 Å². The second-order valence-electron chi connectivity index (χ2n) is 4.02. The van der Waals surface area contributed by atoms with Gasteiger partial charge < -0.3 is 4.98 Å². The first kappa shape index (κ1) is 16.1. The molecule has 112 valence electrons. The average Bonchev–Trinajstić information content (AvgIpc) is 2.39. The van der Waals surface area contributed by atoms with Gasteiger partial charge >= 0.3 is 0 Å². The number of rotatable bonds is 4. The van der Waals surface area contributed by atoms with E-state index >= 15 is 0 Å². The lowest BCUT2D eigenvalue weighted by Crippen LogP contribution is -2.20. The molecule has 0 unspecified atom stereocenters. The van der Waals surface area contributed by atoms with Crippen LogP contribution >= 0.6 is 34.8 Å². The molecule has 0 atom stereocenters. The van der Waals surface area contributed by atoms with Gasteiger partial charge in [0.15, 0.2) is 0 Å². The maximum Gasteiger partial charge on any atom is 0.237 e. The highest BCUT2D eigenvalue weighted by atomic mass is 35.5. The van der Waals surface area contributed by atoms with Crippen molar-refractivity contribution in [2.45, 2.75) is 5.75 Å². The second-order valence-corrected chi connectivity index (χ2v) is 6.92. The molecule has 2 N–H and O–H groups in total. The summed E-state index contributed by atoms with van der Waals surface area (Å²) in [6.45, 7) is 0. The van der Waals surface area contributed by atoms with E-state index in [1.54, 1.807) is 0 Å². The van der Waals surface area contributed by atoms with Crippen LogP contribution in [0, 0.1) is 0 Å². The summed E-state index contributed by atoms with van der Waals surface area (Å²) in [5.41, 5.74) is -0.461. The molecule has 0 aliphatic carbocycles. The first-order valence-corrected chi connectivity index (χ1v) is 8.24. The zero-order chi connectivity index (χ0) is 15.6. The maximum absolute atomic E-state index is 12.0. The summed E-state index contributed by atoms with van der Waals surface area (Å²) < 4.78 is 26.2. The van der Waals surface area contributed by atoms with Gasteiger partial charge in [-0.1, -0.05) is 34.8 Å². The van der Waals surface area contributed by atoms with Crippen LogP contribution in [-0.2, 0) is 15.8 Å². The largest absolute Gasteiger partial charge is 0.364 e. The van der Waals surface area contributed by atoms with Crippen LogP contribution in [0.25, 0.3) is 0 Å². The van der Waals surface area contributed by atoms with Crippen molar-refractivity contribution in [1.82, 2.24) is 9.97 Å². The summed E-state index contributed by atoms with van der Waals surface area (Å²) in [6.07, 6.45) is 3.75. The third kappa shape index (κ3) is 4.10. The van der Waals surface area contributed by atoms with Crippen LogP contribution in [0.4, 0.5) is 5.69 Å². The fraction of sp³-hybridized carbons (Fsp3) is 0.0909. The second kappa shape index (κ2) is 6.23. The van der Waals surface area contributed by atoms with E-state index in [-0.39, 0.29) is 20.9 Å². The quantitative estimate of drug-likeness (QED) is 0.812. The fourth-order valence-electron chi connectivity index (χ4n) is 1.50. The van der Waals surface area contributed by atoms with E-state index in [4.69, 9.17) is 34.8 Å². The van der Waals surface area contributed by atoms with E-state index in [2.05, 4.69) is 14.7 Å². The van der Waals surface area contributed by atoms with Crippen LogP contribution in [0.5, 0.6) is 0 Å². The highest BCUT2D eigenvalue weighted by molar-refractivity contribution is 7.91. The first-order valence-electron chi connectivity index (χ1n) is 5.45. The Balaban J connectivity index is 2.24. The lowest BCUT2D eigenvalue weighted by Gasteiger charge is -2.08. The third-order valence-electron chi connectivity index (χ3n) is 2.37. The number of aromatic nitrogens is 2. The number of pyridine rings is 2. The topological polar surface area (TPSA) is 91.9 Å². The van der Waals surface area contributed by atoms with Gasteiger partial charge in [-0.15, -0.1) is 0 Å². The molecule has 0 fully saturated rings. The lowest BCUT2D eigenvalue weighted by molar-refractivity contribution is 0.600. The minimum atomic E-state index is -3.83. The Morgan fingerprint density at radius 3 is 2.57 bits per heavy atom. The standard InChI is InChI=1S/C11H8Cl3N3O3S/c12-7-1-6(2-16-11(7)14)5-21(19,20)17-9-4-15-3-8(13)10(9)18/h1-4,17H,5H2,(H,15,18). The Morgan fingerprint density at radius 2 is 1.90 bits per heavy atom. The highest BCUT2D eigenvalue weighted by Gasteiger charge is 2.15. The third-order valence-corrected chi connectivity index (χ3v) is 4.59. The van der Waals surface area contributed by atoms with Gasteiger partial charge in [0.05, 0.1) is 10.8 Å². The molecule has 0 saturated carbocycles. The summed E-state index contributed by atoms with van der Waals surface area (Å²) in [4.78, 5) is 18.0. The molecule has 0 radical (unpaired) electrons. The predicted molar refractivity (Wildman–Crippen MR) is 82.6 cm³/mol.